The average molecular weight is 258 g/mol. The minimum Gasteiger partial charge on any atom is -0.380 e. The largest absolute Gasteiger partial charge is 0.380 e. The number of aromatic nitrogens is 3. The first-order valence-electron chi connectivity index (χ1n) is 5.79. The van der Waals surface area contributed by atoms with E-state index in [2.05, 4.69) is 27.7 Å². The Kier molecular flexibility index (Phi) is 2.76. The summed E-state index contributed by atoms with van der Waals surface area (Å²) in [4.78, 5) is 4.33. The Balaban J connectivity index is 1.85. The molecular weight excluding hydrogens is 244 g/mol. The first-order chi connectivity index (χ1) is 8.75. The van der Waals surface area contributed by atoms with E-state index in [4.69, 9.17) is 0 Å². The van der Waals surface area contributed by atoms with E-state index in [0.717, 1.165) is 17.7 Å². The summed E-state index contributed by atoms with van der Waals surface area (Å²) in [5.74, 6) is 0. The molecule has 0 fully saturated rings. The average Bonchev–Trinajstić information content (AvgIpc) is 2.97. The van der Waals surface area contributed by atoms with Crippen molar-refractivity contribution >= 4 is 27.2 Å². The van der Waals surface area contributed by atoms with Gasteiger partial charge in [-0.05, 0) is 24.4 Å². The number of nitrogens with one attached hydrogen (secondary N) is 1. The second-order valence-corrected chi connectivity index (χ2v) is 5.14. The molecule has 0 aromatic carbocycles. The molecule has 0 spiro atoms. The molecule has 0 saturated heterocycles. The number of hydrogen-bond donors (Lipinski definition) is 1. The monoisotopic (exact) mass is 258 g/mol. The van der Waals surface area contributed by atoms with E-state index < -0.39 is 0 Å². The summed E-state index contributed by atoms with van der Waals surface area (Å²) in [7, 11) is 1.96. The second kappa shape index (κ2) is 4.42. The standard InChI is InChI=1S/C13H14N4S/c1-9-10(8-16-17(9)2)7-15-11-3-5-14-12-4-6-18-13(11)12/h3-6,8H,7H2,1-2H3,(H,14,15). The van der Waals surface area contributed by atoms with Crippen LogP contribution in [0.25, 0.3) is 10.2 Å². The molecule has 0 unspecified atom stereocenters. The van der Waals surface area contributed by atoms with Crippen LogP contribution in [0.2, 0.25) is 0 Å². The van der Waals surface area contributed by atoms with Crippen LogP contribution in [-0.4, -0.2) is 14.8 Å². The van der Waals surface area contributed by atoms with Crippen LogP contribution < -0.4 is 5.32 Å². The zero-order valence-corrected chi connectivity index (χ0v) is 11.2. The molecule has 0 amide bonds. The van der Waals surface area contributed by atoms with Crippen LogP contribution in [0.1, 0.15) is 11.3 Å². The van der Waals surface area contributed by atoms with Crippen molar-refractivity contribution in [3.8, 4) is 0 Å². The summed E-state index contributed by atoms with van der Waals surface area (Å²) in [5, 5.41) is 9.78. The van der Waals surface area contributed by atoms with Crippen LogP contribution in [0, 0.1) is 6.92 Å². The third-order valence-electron chi connectivity index (χ3n) is 3.15. The highest BCUT2D eigenvalue weighted by atomic mass is 32.1. The highest BCUT2D eigenvalue weighted by Crippen LogP contribution is 2.27. The lowest BCUT2D eigenvalue weighted by atomic mass is 10.2. The van der Waals surface area contributed by atoms with Gasteiger partial charge < -0.3 is 5.32 Å². The highest BCUT2D eigenvalue weighted by Gasteiger charge is 2.06. The Morgan fingerprint density at radius 2 is 2.28 bits per heavy atom. The number of aryl methyl sites for hydroxylation is 1. The van der Waals surface area contributed by atoms with Crippen LogP contribution in [0.15, 0.2) is 29.9 Å². The van der Waals surface area contributed by atoms with Gasteiger partial charge in [0.2, 0.25) is 0 Å². The molecule has 3 aromatic rings. The Bertz CT molecular complexity index is 683. The van der Waals surface area contributed by atoms with E-state index >= 15 is 0 Å². The molecule has 0 aliphatic rings. The molecule has 5 heteroatoms. The smallest absolute Gasteiger partial charge is 0.0830 e. The lowest BCUT2D eigenvalue weighted by molar-refractivity contribution is 0.738. The van der Waals surface area contributed by atoms with Gasteiger partial charge in [-0.3, -0.25) is 9.67 Å². The zero-order chi connectivity index (χ0) is 12.5. The van der Waals surface area contributed by atoms with Gasteiger partial charge in [0.25, 0.3) is 0 Å². The van der Waals surface area contributed by atoms with Gasteiger partial charge in [-0.15, -0.1) is 11.3 Å². The van der Waals surface area contributed by atoms with Crippen LogP contribution in [0.5, 0.6) is 0 Å². The van der Waals surface area contributed by atoms with Gasteiger partial charge in [-0.1, -0.05) is 0 Å². The number of hydrogen-bond acceptors (Lipinski definition) is 4. The predicted octanol–water partition coefficient (Wildman–Crippen LogP) is 2.95. The number of fused-ring (bicyclic) bond motifs is 1. The van der Waals surface area contributed by atoms with Gasteiger partial charge in [-0.2, -0.15) is 5.10 Å². The van der Waals surface area contributed by atoms with Gasteiger partial charge in [0.15, 0.2) is 0 Å². The molecule has 3 aromatic heterocycles. The first kappa shape index (κ1) is 11.2. The van der Waals surface area contributed by atoms with E-state index in [1.165, 1.54) is 16.0 Å². The Hall–Kier alpha value is -1.88. The van der Waals surface area contributed by atoms with Crippen molar-refractivity contribution in [1.82, 2.24) is 14.8 Å². The van der Waals surface area contributed by atoms with Crippen molar-refractivity contribution in [3.05, 3.63) is 41.2 Å². The molecule has 3 heterocycles. The summed E-state index contributed by atoms with van der Waals surface area (Å²) in [5.41, 5.74) is 4.60. The SMILES string of the molecule is Cc1c(CNc2ccnc3ccsc23)cnn1C. The molecule has 3 rings (SSSR count). The van der Waals surface area contributed by atoms with Crippen molar-refractivity contribution in [2.75, 3.05) is 5.32 Å². The molecule has 0 radical (unpaired) electrons. The molecule has 0 aliphatic carbocycles. The van der Waals surface area contributed by atoms with Crippen molar-refractivity contribution in [2.45, 2.75) is 13.5 Å². The summed E-state index contributed by atoms with van der Waals surface area (Å²) in [6.45, 7) is 2.87. The maximum absolute atomic E-state index is 4.33. The topological polar surface area (TPSA) is 42.7 Å². The van der Waals surface area contributed by atoms with Gasteiger partial charge in [-0.25, -0.2) is 0 Å². The van der Waals surface area contributed by atoms with Gasteiger partial charge in [0, 0.05) is 31.0 Å². The summed E-state index contributed by atoms with van der Waals surface area (Å²) < 4.78 is 3.10. The van der Waals surface area contributed by atoms with Gasteiger partial charge in [0.1, 0.15) is 0 Å². The molecule has 0 aliphatic heterocycles. The molecule has 0 bridgehead atoms. The molecule has 1 N–H and O–H groups in total. The number of nitrogens with zero attached hydrogens (tertiary/aromatic N) is 3. The van der Waals surface area contributed by atoms with Crippen molar-refractivity contribution < 1.29 is 0 Å². The van der Waals surface area contributed by atoms with E-state index in [9.17, 15) is 0 Å². The molecule has 0 saturated carbocycles. The number of rotatable bonds is 3. The zero-order valence-electron chi connectivity index (χ0n) is 10.3. The molecule has 18 heavy (non-hydrogen) atoms. The third kappa shape index (κ3) is 1.86. The number of pyridine rings is 1. The Morgan fingerprint density at radius 3 is 3.06 bits per heavy atom. The van der Waals surface area contributed by atoms with E-state index in [-0.39, 0.29) is 0 Å². The van der Waals surface area contributed by atoms with Gasteiger partial charge in [0.05, 0.1) is 22.1 Å². The Morgan fingerprint density at radius 1 is 1.39 bits per heavy atom. The first-order valence-corrected chi connectivity index (χ1v) is 6.67. The maximum Gasteiger partial charge on any atom is 0.0830 e. The summed E-state index contributed by atoms with van der Waals surface area (Å²) in [6.07, 6.45) is 3.75. The fraction of sp³-hybridized carbons (Fsp3) is 0.231. The predicted molar refractivity (Wildman–Crippen MR) is 74.9 cm³/mol. The fourth-order valence-electron chi connectivity index (χ4n) is 1.92. The molecule has 92 valence electrons. The van der Waals surface area contributed by atoms with Crippen LogP contribution in [0.3, 0.4) is 0 Å². The normalized spacial score (nSPS) is 11.0. The van der Waals surface area contributed by atoms with E-state index in [0.29, 0.717) is 0 Å². The second-order valence-electron chi connectivity index (χ2n) is 4.23. The van der Waals surface area contributed by atoms with Crippen LogP contribution in [0.4, 0.5) is 5.69 Å². The number of anilines is 1. The summed E-state index contributed by atoms with van der Waals surface area (Å²) in [6, 6.07) is 4.06. The van der Waals surface area contributed by atoms with Crippen molar-refractivity contribution in [3.63, 3.8) is 0 Å². The lowest BCUT2D eigenvalue weighted by Crippen LogP contribution is -2.01. The van der Waals surface area contributed by atoms with Crippen LogP contribution in [-0.2, 0) is 13.6 Å². The molecule has 0 atom stereocenters. The highest BCUT2D eigenvalue weighted by molar-refractivity contribution is 7.17. The maximum atomic E-state index is 4.33. The quantitative estimate of drug-likeness (QED) is 0.785. The fourth-order valence-corrected chi connectivity index (χ4v) is 2.76. The minimum absolute atomic E-state index is 0.788. The number of thiophene rings is 1. The van der Waals surface area contributed by atoms with E-state index in [1.54, 1.807) is 11.3 Å². The van der Waals surface area contributed by atoms with E-state index in [1.807, 2.05) is 36.3 Å². The van der Waals surface area contributed by atoms with Crippen molar-refractivity contribution in [2.24, 2.45) is 7.05 Å². The summed E-state index contributed by atoms with van der Waals surface area (Å²) >= 11 is 1.71. The Labute approximate surface area is 109 Å². The third-order valence-corrected chi connectivity index (χ3v) is 4.09. The lowest BCUT2D eigenvalue weighted by Gasteiger charge is -2.06. The molecular formula is C13H14N4S. The molecule has 4 nitrogen and oxygen atoms in total. The van der Waals surface area contributed by atoms with Gasteiger partial charge >= 0.3 is 0 Å². The van der Waals surface area contributed by atoms with Crippen molar-refractivity contribution in [1.29, 1.82) is 0 Å². The minimum atomic E-state index is 0.788. The van der Waals surface area contributed by atoms with Crippen LogP contribution >= 0.6 is 11.3 Å².